The van der Waals surface area contributed by atoms with Crippen molar-refractivity contribution in [3.63, 3.8) is 0 Å². The van der Waals surface area contributed by atoms with E-state index in [9.17, 15) is 0 Å². The van der Waals surface area contributed by atoms with Gasteiger partial charge >= 0.3 is 0 Å². The smallest absolute Gasteiger partial charge is 0.0391 e. The van der Waals surface area contributed by atoms with Crippen molar-refractivity contribution < 1.29 is 60.3 Å². The van der Waals surface area contributed by atoms with E-state index in [4.69, 9.17) is 0 Å². The molecule has 9 heterocycles. The fourth-order valence-corrected chi connectivity index (χ4v) is 17.9. The molecule has 0 unspecified atom stereocenters. The number of aryl methyl sites for hydroxylation is 6. The molecule has 0 bridgehead atoms. The second-order valence-corrected chi connectivity index (χ2v) is 35.9. The molecule has 699 valence electrons. The third kappa shape index (κ3) is 23.8. The minimum atomic E-state index is 0. The molecule has 0 amide bonds. The van der Waals surface area contributed by atoms with Crippen molar-refractivity contribution in [3.8, 4) is 101 Å². The Bertz CT molecular complexity index is 7320. The molecule has 0 saturated carbocycles. The van der Waals surface area contributed by atoms with E-state index in [1.165, 1.54) is 132 Å². The van der Waals surface area contributed by atoms with Crippen LogP contribution >= 0.6 is 0 Å². The fraction of sp³-hybridized carbons (Fsp3) is 0.167. The molecule has 0 fully saturated rings. The van der Waals surface area contributed by atoms with Gasteiger partial charge in [0, 0.05) is 167 Å². The molecule has 9 aromatic heterocycles. The summed E-state index contributed by atoms with van der Waals surface area (Å²) >= 11 is 0. The Morgan fingerprint density at radius 1 is 0.275 bits per heavy atom. The zero-order valence-electron chi connectivity index (χ0n) is 80.8. The average molecular weight is 2330 g/mol. The molecule has 0 aliphatic heterocycles. The summed E-state index contributed by atoms with van der Waals surface area (Å²) in [6.45, 7) is 41.7. The molecular weight excluding hydrogens is 2220 g/mol. The Morgan fingerprint density at radius 3 is 1.04 bits per heavy atom. The molecular formula is C126H117Ir3N9-6. The SMILES string of the molecule is Cc1ccc(-c2[c-]ccc3c4ccccc4n(CC(C)C)c23)nc1.Cc1ccnc(-c2[c-]cc3c(c2)c2ccccc2n3CC(C)C)c1.Cc1ccnc(-c2[c-]cc3c4ccccc4n(CC(C)C)c3c2)c1.[CH2-]c1ccccc1-c1cc(CC)c(-c2ccccc2)cn1.[CH2-]c1ccccc1-c1cc(CC)c(-c2ccccc2)cn1.[CH2-]c1ccccc1-c1cc(CC)c(-c2ccccc2)cn1.[Ir].[Ir].[Ir]. The molecule has 21 aromatic rings. The van der Waals surface area contributed by atoms with Gasteiger partial charge in [-0.05, 0) is 195 Å². The molecule has 0 atom stereocenters. The average Bonchev–Trinajstić information content (AvgIpc) is 1.60. The van der Waals surface area contributed by atoms with Crippen molar-refractivity contribution in [2.45, 2.75) is 122 Å². The maximum atomic E-state index is 4.65. The van der Waals surface area contributed by atoms with Crippen LogP contribution in [0.5, 0.6) is 0 Å². The van der Waals surface area contributed by atoms with Gasteiger partial charge in [0.2, 0.25) is 0 Å². The molecule has 3 radical (unpaired) electrons. The first-order chi connectivity index (χ1) is 65.8. The van der Waals surface area contributed by atoms with Gasteiger partial charge in [0.15, 0.2) is 0 Å². The molecule has 0 N–H and O–H groups in total. The summed E-state index contributed by atoms with van der Waals surface area (Å²) in [5.41, 5.74) is 38.0. The van der Waals surface area contributed by atoms with Gasteiger partial charge < -0.3 is 28.7 Å². The third-order valence-electron chi connectivity index (χ3n) is 24.6. The summed E-state index contributed by atoms with van der Waals surface area (Å²) in [5, 5.41) is 7.73. The predicted octanol–water partition coefficient (Wildman–Crippen LogP) is 32.3. The molecule has 0 aliphatic rings. The monoisotopic (exact) mass is 2330 g/mol. The van der Waals surface area contributed by atoms with Crippen LogP contribution in [0.4, 0.5) is 0 Å². The van der Waals surface area contributed by atoms with Gasteiger partial charge in [-0.25, -0.2) is 0 Å². The predicted molar refractivity (Wildman–Crippen MR) is 570 cm³/mol. The van der Waals surface area contributed by atoms with Crippen molar-refractivity contribution >= 4 is 65.4 Å². The van der Waals surface area contributed by atoms with Crippen LogP contribution in [0, 0.1) is 77.5 Å². The van der Waals surface area contributed by atoms with E-state index in [0.29, 0.717) is 17.8 Å². The largest absolute Gasteiger partial charge is 0.380 e. The minimum absolute atomic E-state index is 0. The van der Waals surface area contributed by atoms with Crippen molar-refractivity contribution in [1.82, 2.24) is 43.6 Å². The van der Waals surface area contributed by atoms with Gasteiger partial charge in [-0.15, -0.1) is 124 Å². The van der Waals surface area contributed by atoms with E-state index in [1.807, 2.05) is 128 Å². The zero-order chi connectivity index (χ0) is 94.0. The van der Waals surface area contributed by atoms with Crippen LogP contribution in [0.15, 0.2) is 365 Å². The zero-order valence-corrected chi connectivity index (χ0v) is 87.9. The number of fused-ring (bicyclic) bond motifs is 9. The molecule has 12 heteroatoms. The van der Waals surface area contributed by atoms with Gasteiger partial charge in [0.05, 0.1) is 0 Å². The number of pyridine rings is 6. The Labute approximate surface area is 856 Å². The van der Waals surface area contributed by atoms with Crippen LogP contribution in [0.2, 0.25) is 0 Å². The summed E-state index contributed by atoms with van der Waals surface area (Å²) in [4.78, 5) is 27.6. The van der Waals surface area contributed by atoms with Gasteiger partial charge in [-0.1, -0.05) is 278 Å². The Morgan fingerprint density at radius 2 is 0.638 bits per heavy atom. The fourth-order valence-electron chi connectivity index (χ4n) is 17.9. The van der Waals surface area contributed by atoms with E-state index in [1.54, 1.807) is 0 Å². The number of nitrogens with zero attached hydrogens (tertiary/aromatic N) is 9. The first kappa shape index (κ1) is 102. The van der Waals surface area contributed by atoms with Crippen molar-refractivity contribution in [2.24, 2.45) is 17.8 Å². The summed E-state index contributed by atoms with van der Waals surface area (Å²) < 4.78 is 7.28. The Kier molecular flexibility index (Phi) is 35.4. The standard InChI is InChI=1S/3C22H21N2.3C20H18N.3Ir/c1-15(2)14-24-21-10-5-4-7-17(21)18-8-6-9-19(22(18)24)20-12-11-16(3)13-23-20;1-15(2)14-24-21-7-5-4-6-18(21)19-13-17(8-9-22(19)24)20-12-16(3)10-11-23-20;1-15(2)14-24-21-7-5-4-6-18(21)19-9-8-17(13-22(19)24)20-12-16(3)10-11-23-20;3*1-3-16-13-20(18-12-8-7-9-15(18)2)21-14-19(16)17-10-5-4-6-11-17;;;/h4-8,10-13,15H,14H2,1-3H3;2*4-7,9-13,15H,14H2,1-3H3;3*4-14H,2-3H2,1H3;;;/q6*-1;;;. The molecule has 0 saturated heterocycles. The quantitative estimate of drug-likeness (QED) is 0.0795. The molecule has 138 heavy (non-hydrogen) atoms. The number of hydrogen-bond acceptors (Lipinski definition) is 6. The van der Waals surface area contributed by atoms with Crippen LogP contribution in [0.25, 0.3) is 166 Å². The summed E-state index contributed by atoms with van der Waals surface area (Å²) in [6, 6.07) is 124. The van der Waals surface area contributed by atoms with E-state index in [2.05, 4.69) is 402 Å². The third-order valence-corrected chi connectivity index (χ3v) is 24.6. The number of hydrogen-bond donors (Lipinski definition) is 0. The van der Waals surface area contributed by atoms with Gasteiger partial charge in [0.1, 0.15) is 0 Å². The van der Waals surface area contributed by atoms with Crippen molar-refractivity contribution in [1.29, 1.82) is 0 Å². The number of benzene rings is 12. The van der Waals surface area contributed by atoms with Gasteiger partial charge in [-0.2, -0.15) is 55.7 Å². The van der Waals surface area contributed by atoms with Gasteiger partial charge in [-0.3, -0.25) is 15.0 Å². The number of rotatable bonds is 18. The van der Waals surface area contributed by atoms with E-state index in [-0.39, 0.29) is 60.3 Å². The molecule has 0 aliphatic carbocycles. The summed E-state index contributed by atoms with van der Waals surface area (Å²) in [7, 11) is 0. The number of para-hydroxylation sites is 3. The molecule has 0 spiro atoms. The molecule has 12 aromatic carbocycles. The summed E-state index contributed by atoms with van der Waals surface area (Å²) in [5.74, 6) is 1.76. The van der Waals surface area contributed by atoms with Crippen LogP contribution in [0.1, 0.15) is 112 Å². The first-order valence-electron chi connectivity index (χ1n) is 47.2. The molecule has 21 rings (SSSR count). The normalized spacial score (nSPS) is 10.9. The van der Waals surface area contributed by atoms with E-state index < -0.39 is 0 Å². The minimum Gasteiger partial charge on any atom is -0.380 e. The molecule has 9 nitrogen and oxygen atoms in total. The topological polar surface area (TPSA) is 92.1 Å². The maximum Gasteiger partial charge on any atom is 0.0391 e. The van der Waals surface area contributed by atoms with Crippen molar-refractivity contribution in [3.05, 3.63) is 454 Å². The van der Waals surface area contributed by atoms with Gasteiger partial charge in [0.25, 0.3) is 0 Å². The Hall–Kier alpha value is -13.5. The van der Waals surface area contributed by atoms with Crippen LogP contribution < -0.4 is 0 Å². The maximum absolute atomic E-state index is 4.65. The summed E-state index contributed by atoms with van der Waals surface area (Å²) in [6.07, 6.45) is 14.6. The second kappa shape index (κ2) is 48.0. The van der Waals surface area contributed by atoms with Crippen molar-refractivity contribution in [2.75, 3.05) is 0 Å². The van der Waals surface area contributed by atoms with Crippen LogP contribution in [-0.2, 0) is 99.2 Å². The van der Waals surface area contributed by atoms with E-state index in [0.717, 1.165) is 123 Å². The van der Waals surface area contributed by atoms with E-state index >= 15 is 0 Å². The second-order valence-electron chi connectivity index (χ2n) is 35.9. The Balaban J connectivity index is 0.000000139. The first-order valence-corrected chi connectivity index (χ1v) is 47.2. The van der Waals surface area contributed by atoms with Crippen LogP contribution in [-0.4, -0.2) is 43.6 Å². The number of aromatic nitrogens is 9. The van der Waals surface area contributed by atoms with Crippen LogP contribution in [0.3, 0.4) is 0 Å².